The van der Waals surface area contributed by atoms with Gasteiger partial charge in [0.2, 0.25) is 5.91 Å². The summed E-state index contributed by atoms with van der Waals surface area (Å²) in [5.41, 5.74) is 0. The highest BCUT2D eigenvalue weighted by molar-refractivity contribution is 5.87. The number of hydrogen-bond donors (Lipinski definition) is 0. The van der Waals surface area contributed by atoms with Gasteiger partial charge >= 0.3 is 0 Å². The molecular weight excluding hydrogens is 174 g/mol. The van der Waals surface area contributed by atoms with Gasteiger partial charge < -0.3 is 4.90 Å². The molecule has 0 aromatic rings. The van der Waals surface area contributed by atoms with Gasteiger partial charge in [-0.1, -0.05) is 25.8 Å². The van der Waals surface area contributed by atoms with Crippen LogP contribution in [0, 0.1) is 11.8 Å². The molecule has 78 valence electrons. The number of carbonyl (C=O) groups excluding carboxylic acids is 1. The summed E-state index contributed by atoms with van der Waals surface area (Å²) in [4.78, 5) is 13.4. The van der Waals surface area contributed by atoms with E-state index < -0.39 is 0 Å². The van der Waals surface area contributed by atoms with Gasteiger partial charge in [-0.3, -0.25) is 4.79 Å². The molecule has 2 nitrogen and oxygen atoms in total. The summed E-state index contributed by atoms with van der Waals surface area (Å²) in [6.07, 6.45) is 8.13. The largest absolute Gasteiger partial charge is 0.339 e. The summed E-state index contributed by atoms with van der Waals surface area (Å²) in [5, 5.41) is 0. The molecule has 1 saturated carbocycles. The van der Waals surface area contributed by atoms with Crippen molar-refractivity contribution >= 4 is 5.91 Å². The summed E-state index contributed by atoms with van der Waals surface area (Å²) in [6.45, 7) is 5.48. The van der Waals surface area contributed by atoms with E-state index in [1.54, 1.807) is 0 Å². The molecule has 2 atom stereocenters. The van der Waals surface area contributed by atoms with Gasteiger partial charge in [0, 0.05) is 13.1 Å². The smallest absolute Gasteiger partial charge is 0.245 e. The molecule has 0 bridgehead atoms. The van der Waals surface area contributed by atoms with Crippen molar-refractivity contribution in [1.82, 2.24) is 4.90 Å². The van der Waals surface area contributed by atoms with Crippen molar-refractivity contribution in [2.45, 2.75) is 32.1 Å². The zero-order valence-corrected chi connectivity index (χ0v) is 8.74. The first-order valence-electron chi connectivity index (χ1n) is 5.72. The maximum Gasteiger partial charge on any atom is 0.245 e. The molecule has 2 unspecified atom stereocenters. The quantitative estimate of drug-likeness (QED) is 0.585. The fraction of sp³-hybridized carbons (Fsp3) is 0.750. The maximum atomic E-state index is 11.4. The Hall–Kier alpha value is -0.790. The van der Waals surface area contributed by atoms with Crippen molar-refractivity contribution in [3.8, 4) is 0 Å². The van der Waals surface area contributed by atoms with E-state index >= 15 is 0 Å². The molecule has 0 N–H and O–H groups in total. The predicted octanol–water partition coefficient (Wildman–Crippen LogP) is 2.21. The first-order chi connectivity index (χ1) is 6.81. The Kier molecular flexibility index (Phi) is 2.90. The lowest BCUT2D eigenvalue weighted by molar-refractivity contribution is -0.129. The molecule has 0 aromatic carbocycles. The Morgan fingerprint density at radius 2 is 1.93 bits per heavy atom. The molecule has 1 aliphatic carbocycles. The van der Waals surface area contributed by atoms with Crippen LogP contribution in [0.15, 0.2) is 12.7 Å². The lowest BCUT2D eigenvalue weighted by atomic mass is 9.75. The van der Waals surface area contributed by atoms with Gasteiger partial charge in [-0.2, -0.15) is 0 Å². The lowest BCUT2D eigenvalue weighted by Gasteiger charge is -2.40. The number of hydrogen-bond acceptors (Lipinski definition) is 1. The molecule has 1 heterocycles. The Bertz CT molecular complexity index is 236. The van der Waals surface area contributed by atoms with Crippen LogP contribution in [0.25, 0.3) is 0 Å². The highest BCUT2D eigenvalue weighted by Crippen LogP contribution is 2.35. The summed E-state index contributed by atoms with van der Waals surface area (Å²) in [5.74, 6) is 1.80. The standard InChI is InChI=1S/C12H19NO/c1-2-12(14)13-8-7-10-5-3-4-6-11(10)9-13/h2,10-11H,1,3-9H2. The Balaban J connectivity index is 1.95. The van der Waals surface area contributed by atoms with E-state index in [0.717, 1.165) is 24.9 Å². The third kappa shape index (κ3) is 1.84. The van der Waals surface area contributed by atoms with Gasteiger partial charge in [0.05, 0.1) is 0 Å². The number of carbonyl (C=O) groups is 1. The van der Waals surface area contributed by atoms with Crippen molar-refractivity contribution in [2.24, 2.45) is 11.8 Å². The zero-order valence-electron chi connectivity index (χ0n) is 8.74. The van der Waals surface area contributed by atoms with Gasteiger partial charge in [0.25, 0.3) is 0 Å². The highest BCUT2D eigenvalue weighted by Gasteiger charge is 2.31. The Morgan fingerprint density at radius 3 is 2.64 bits per heavy atom. The number of piperidine rings is 1. The van der Waals surface area contributed by atoms with Crippen LogP contribution in [-0.4, -0.2) is 23.9 Å². The predicted molar refractivity (Wildman–Crippen MR) is 56.8 cm³/mol. The fourth-order valence-corrected chi connectivity index (χ4v) is 2.93. The number of rotatable bonds is 1. The minimum atomic E-state index is 0.119. The van der Waals surface area contributed by atoms with Crippen LogP contribution >= 0.6 is 0 Å². The van der Waals surface area contributed by atoms with E-state index in [4.69, 9.17) is 0 Å². The number of likely N-dealkylation sites (tertiary alicyclic amines) is 1. The van der Waals surface area contributed by atoms with Gasteiger partial charge in [-0.25, -0.2) is 0 Å². The normalized spacial score (nSPS) is 32.1. The topological polar surface area (TPSA) is 20.3 Å². The fourth-order valence-electron chi connectivity index (χ4n) is 2.93. The molecule has 0 aromatic heterocycles. The van der Waals surface area contributed by atoms with E-state index in [1.165, 1.54) is 38.2 Å². The van der Waals surface area contributed by atoms with Gasteiger partial charge in [-0.05, 0) is 30.8 Å². The monoisotopic (exact) mass is 193 g/mol. The second kappa shape index (κ2) is 4.16. The van der Waals surface area contributed by atoms with Crippen LogP contribution in [-0.2, 0) is 4.79 Å². The minimum absolute atomic E-state index is 0.119. The second-order valence-corrected chi connectivity index (χ2v) is 4.58. The molecule has 0 spiro atoms. The van der Waals surface area contributed by atoms with Gasteiger partial charge in [0.15, 0.2) is 0 Å². The van der Waals surface area contributed by atoms with Crippen LogP contribution in [0.1, 0.15) is 32.1 Å². The van der Waals surface area contributed by atoms with Crippen molar-refractivity contribution in [1.29, 1.82) is 0 Å². The van der Waals surface area contributed by atoms with Crippen molar-refractivity contribution in [2.75, 3.05) is 13.1 Å². The highest BCUT2D eigenvalue weighted by atomic mass is 16.2. The van der Waals surface area contributed by atoms with Crippen LogP contribution in [0.5, 0.6) is 0 Å². The first kappa shape index (κ1) is 9.75. The SMILES string of the molecule is C=CC(=O)N1CCC2CCCCC2C1. The molecule has 2 aliphatic rings. The summed E-state index contributed by atoms with van der Waals surface area (Å²) in [7, 11) is 0. The summed E-state index contributed by atoms with van der Waals surface area (Å²) < 4.78 is 0. The summed E-state index contributed by atoms with van der Waals surface area (Å²) in [6, 6.07) is 0. The van der Waals surface area contributed by atoms with E-state index in [2.05, 4.69) is 6.58 Å². The van der Waals surface area contributed by atoms with E-state index in [9.17, 15) is 4.79 Å². The molecular formula is C12H19NO. The number of amides is 1. The molecule has 14 heavy (non-hydrogen) atoms. The van der Waals surface area contributed by atoms with Crippen LogP contribution in [0.4, 0.5) is 0 Å². The molecule has 0 radical (unpaired) electrons. The average Bonchev–Trinajstić information content (AvgIpc) is 2.27. The van der Waals surface area contributed by atoms with E-state index in [1.807, 2.05) is 4.90 Å². The van der Waals surface area contributed by atoms with Crippen LogP contribution in [0.2, 0.25) is 0 Å². The minimum Gasteiger partial charge on any atom is -0.339 e. The summed E-state index contributed by atoms with van der Waals surface area (Å²) >= 11 is 0. The zero-order chi connectivity index (χ0) is 9.97. The molecule has 2 fully saturated rings. The van der Waals surface area contributed by atoms with Gasteiger partial charge in [0.1, 0.15) is 0 Å². The molecule has 1 saturated heterocycles. The van der Waals surface area contributed by atoms with Crippen molar-refractivity contribution in [3.05, 3.63) is 12.7 Å². The Morgan fingerprint density at radius 1 is 1.21 bits per heavy atom. The van der Waals surface area contributed by atoms with E-state index in [0.29, 0.717) is 0 Å². The molecule has 1 amide bonds. The number of fused-ring (bicyclic) bond motifs is 1. The van der Waals surface area contributed by atoms with Gasteiger partial charge in [-0.15, -0.1) is 0 Å². The second-order valence-electron chi connectivity index (χ2n) is 4.58. The molecule has 1 aliphatic heterocycles. The Labute approximate surface area is 86.0 Å². The number of nitrogens with zero attached hydrogens (tertiary/aromatic N) is 1. The third-order valence-electron chi connectivity index (χ3n) is 3.78. The van der Waals surface area contributed by atoms with Crippen LogP contribution < -0.4 is 0 Å². The van der Waals surface area contributed by atoms with E-state index in [-0.39, 0.29) is 5.91 Å². The van der Waals surface area contributed by atoms with Crippen molar-refractivity contribution < 1.29 is 4.79 Å². The molecule has 2 rings (SSSR count). The van der Waals surface area contributed by atoms with Crippen LogP contribution in [0.3, 0.4) is 0 Å². The maximum absolute atomic E-state index is 11.4. The molecule has 2 heteroatoms. The lowest BCUT2D eigenvalue weighted by Crippen LogP contribution is -2.44. The van der Waals surface area contributed by atoms with Crippen molar-refractivity contribution in [3.63, 3.8) is 0 Å². The first-order valence-corrected chi connectivity index (χ1v) is 5.72. The average molecular weight is 193 g/mol. The third-order valence-corrected chi connectivity index (χ3v) is 3.78.